The standard InChI is InChI=1S/C8H13N3OS2/c9-7-10-11-8(14-7)13-5-6-3-1-2-4-12-6/h6H,1-5H2,(H2,9,10)/t6-/m0/s1. The third kappa shape index (κ3) is 2.83. The van der Waals surface area contributed by atoms with Crippen LogP contribution in [0.3, 0.4) is 0 Å². The topological polar surface area (TPSA) is 61.0 Å². The van der Waals surface area contributed by atoms with Crippen molar-refractivity contribution in [3.05, 3.63) is 0 Å². The molecule has 1 fully saturated rings. The van der Waals surface area contributed by atoms with Crippen molar-refractivity contribution >= 4 is 28.2 Å². The van der Waals surface area contributed by atoms with E-state index in [0.29, 0.717) is 11.2 Å². The van der Waals surface area contributed by atoms with Crippen molar-refractivity contribution in [2.24, 2.45) is 0 Å². The SMILES string of the molecule is Nc1nnc(SC[C@@H]2CCCCO2)s1. The third-order valence-corrected chi connectivity index (χ3v) is 4.11. The van der Waals surface area contributed by atoms with Crippen molar-refractivity contribution in [2.45, 2.75) is 29.7 Å². The highest BCUT2D eigenvalue weighted by molar-refractivity contribution is 8.01. The molecule has 0 spiro atoms. The molecule has 2 N–H and O–H groups in total. The number of nitrogen functional groups attached to an aromatic ring is 1. The van der Waals surface area contributed by atoms with Crippen LogP contribution >= 0.6 is 23.1 Å². The van der Waals surface area contributed by atoms with Crippen LogP contribution in [0.5, 0.6) is 0 Å². The van der Waals surface area contributed by atoms with Gasteiger partial charge in [0.1, 0.15) is 0 Å². The Morgan fingerprint density at radius 3 is 3.07 bits per heavy atom. The molecule has 1 aliphatic rings. The maximum Gasteiger partial charge on any atom is 0.203 e. The van der Waals surface area contributed by atoms with Crippen LogP contribution in [0.4, 0.5) is 5.13 Å². The molecule has 0 bridgehead atoms. The lowest BCUT2D eigenvalue weighted by Crippen LogP contribution is -2.21. The normalized spacial score (nSPS) is 22.4. The van der Waals surface area contributed by atoms with Gasteiger partial charge in [-0.1, -0.05) is 23.1 Å². The first kappa shape index (κ1) is 10.2. The summed E-state index contributed by atoms with van der Waals surface area (Å²) < 4.78 is 6.55. The molecule has 14 heavy (non-hydrogen) atoms. The number of nitrogens with zero attached hydrogens (tertiary/aromatic N) is 2. The molecule has 6 heteroatoms. The van der Waals surface area contributed by atoms with Gasteiger partial charge in [-0.25, -0.2) is 0 Å². The van der Waals surface area contributed by atoms with Crippen LogP contribution in [0.15, 0.2) is 4.34 Å². The van der Waals surface area contributed by atoms with Crippen LogP contribution in [0.2, 0.25) is 0 Å². The third-order valence-electron chi connectivity index (χ3n) is 2.09. The van der Waals surface area contributed by atoms with E-state index in [9.17, 15) is 0 Å². The number of anilines is 1. The Kier molecular flexibility index (Phi) is 3.61. The van der Waals surface area contributed by atoms with E-state index in [-0.39, 0.29) is 0 Å². The molecular formula is C8H13N3OS2. The summed E-state index contributed by atoms with van der Waals surface area (Å²) in [6.45, 7) is 0.906. The van der Waals surface area contributed by atoms with Gasteiger partial charge in [-0.2, -0.15) is 0 Å². The van der Waals surface area contributed by atoms with Gasteiger partial charge in [0.15, 0.2) is 4.34 Å². The monoisotopic (exact) mass is 231 g/mol. The maximum atomic E-state index is 5.61. The minimum atomic E-state index is 0.388. The molecule has 0 unspecified atom stereocenters. The van der Waals surface area contributed by atoms with Gasteiger partial charge in [0, 0.05) is 12.4 Å². The van der Waals surface area contributed by atoms with Crippen LogP contribution in [0.25, 0.3) is 0 Å². The summed E-state index contributed by atoms with van der Waals surface area (Å²) >= 11 is 3.13. The van der Waals surface area contributed by atoms with Gasteiger partial charge in [-0.3, -0.25) is 0 Å². The highest BCUT2D eigenvalue weighted by Gasteiger charge is 2.14. The van der Waals surface area contributed by atoms with Gasteiger partial charge in [0.05, 0.1) is 6.10 Å². The first-order valence-corrected chi connectivity index (χ1v) is 6.48. The summed E-state index contributed by atoms with van der Waals surface area (Å²) in [5.41, 5.74) is 5.49. The molecular weight excluding hydrogens is 218 g/mol. The molecule has 1 aliphatic heterocycles. The molecule has 0 aromatic carbocycles. The van der Waals surface area contributed by atoms with E-state index < -0.39 is 0 Å². The van der Waals surface area contributed by atoms with E-state index >= 15 is 0 Å². The lowest BCUT2D eigenvalue weighted by molar-refractivity contribution is 0.0315. The predicted octanol–water partition coefficient (Wildman–Crippen LogP) is 1.78. The van der Waals surface area contributed by atoms with Crippen molar-refractivity contribution < 1.29 is 4.74 Å². The van der Waals surface area contributed by atoms with Crippen LogP contribution in [0.1, 0.15) is 19.3 Å². The van der Waals surface area contributed by atoms with Crippen molar-refractivity contribution in [2.75, 3.05) is 18.1 Å². The molecule has 0 aliphatic carbocycles. The Morgan fingerprint density at radius 2 is 2.43 bits per heavy atom. The Hall–Kier alpha value is -0.330. The summed E-state index contributed by atoms with van der Waals surface area (Å²) in [6, 6.07) is 0. The Labute approximate surface area is 91.2 Å². The van der Waals surface area contributed by atoms with E-state index in [0.717, 1.165) is 16.7 Å². The maximum absolute atomic E-state index is 5.61. The second-order valence-electron chi connectivity index (χ2n) is 3.21. The highest BCUT2D eigenvalue weighted by atomic mass is 32.2. The zero-order chi connectivity index (χ0) is 9.80. The number of nitrogens with two attached hydrogens (primary N) is 1. The number of aromatic nitrogens is 2. The summed E-state index contributed by atoms with van der Waals surface area (Å²) in [6.07, 6.45) is 4.04. The number of thioether (sulfide) groups is 1. The average molecular weight is 231 g/mol. The van der Waals surface area contributed by atoms with Crippen molar-refractivity contribution in [1.82, 2.24) is 10.2 Å². The molecule has 1 aromatic rings. The molecule has 78 valence electrons. The van der Waals surface area contributed by atoms with E-state index in [1.54, 1.807) is 11.8 Å². The number of rotatable bonds is 3. The fourth-order valence-electron chi connectivity index (χ4n) is 1.38. The number of ether oxygens (including phenoxy) is 1. The Morgan fingerprint density at radius 1 is 1.50 bits per heavy atom. The van der Waals surface area contributed by atoms with Crippen molar-refractivity contribution in [3.8, 4) is 0 Å². The molecule has 2 heterocycles. The van der Waals surface area contributed by atoms with Gasteiger partial charge in [0.2, 0.25) is 5.13 Å². The second kappa shape index (κ2) is 4.95. The molecule has 0 radical (unpaired) electrons. The fourth-order valence-corrected chi connectivity index (χ4v) is 3.11. The average Bonchev–Trinajstić information content (AvgIpc) is 2.63. The summed E-state index contributed by atoms with van der Waals surface area (Å²) in [5, 5.41) is 8.26. The molecule has 0 amide bonds. The largest absolute Gasteiger partial charge is 0.377 e. The smallest absolute Gasteiger partial charge is 0.203 e. The molecule has 4 nitrogen and oxygen atoms in total. The lowest BCUT2D eigenvalue weighted by atomic mass is 10.1. The number of hydrogen-bond donors (Lipinski definition) is 1. The fraction of sp³-hybridized carbons (Fsp3) is 0.750. The zero-order valence-electron chi connectivity index (χ0n) is 7.81. The second-order valence-corrected chi connectivity index (χ2v) is 5.48. The van der Waals surface area contributed by atoms with Gasteiger partial charge in [-0.05, 0) is 19.3 Å². The van der Waals surface area contributed by atoms with Crippen LogP contribution in [-0.4, -0.2) is 28.7 Å². The van der Waals surface area contributed by atoms with Gasteiger partial charge < -0.3 is 10.5 Å². The van der Waals surface area contributed by atoms with Crippen LogP contribution in [-0.2, 0) is 4.74 Å². The van der Waals surface area contributed by atoms with Crippen LogP contribution in [0, 0.1) is 0 Å². The van der Waals surface area contributed by atoms with Crippen molar-refractivity contribution in [1.29, 1.82) is 0 Å². The highest BCUT2D eigenvalue weighted by Crippen LogP contribution is 2.26. The van der Waals surface area contributed by atoms with Gasteiger partial charge >= 0.3 is 0 Å². The van der Waals surface area contributed by atoms with E-state index in [2.05, 4.69) is 10.2 Å². The van der Waals surface area contributed by atoms with E-state index in [4.69, 9.17) is 10.5 Å². The van der Waals surface area contributed by atoms with Gasteiger partial charge in [-0.15, -0.1) is 10.2 Å². The molecule has 0 saturated carbocycles. The first-order valence-electron chi connectivity index (χ1n) is 4.68. The predicted molar refractivity (Wildman–Crippen MR) is 58.6 cm³/mol. The first-order chi connectivity index (χ1) is 6.84. The van der Waals surface area contributed by atoms with E-state index in [1.807, 2.05) is 0 Å². The Bertz CT molecular complexity index is 286. The summed E-state index contributed by atoms with van der Waals surface area (Å²) in [7, 11) is 0. The molecule has 2 rings (SSSR count). The molecule has 1 atom stereocenters. The van der Waals surface area contributed by atoms with Crippen LogP contribution < -0.4 is 5.73 Å². The summed E-state index contributed by atoms with van der Waals surface area (Å²) in [4.78, 5) is 0. The molecule has 1 aromatic heterocycles. The Balaban J connectivity index is 1.76. The number of hydrogen-bond acceptors (Lipinski definition) is 6. The van der Waals surface area contributed by atoms with Crippen molar-refractivity contribution in [3.63, 3.8) is 0 Å². The van der Waals surface area contributed by atoms with E-state index in [1.165, 1.54) is 30.6 Å². The summed E-state index contributed by atoms with van der Waals surface area (Å²) in [5.74, 6) is 0.967. The minimum Gasteiger partial charge on any atom is -0.377 e. The van der Waals surface area contributed by atoms with Gasteiger partial charge in [0.25, 0.3) is 0 Å². The zero-order valence-corrected chi connectivity index (χ0v) is 9.44. The minimum absolute atomic E-state index is 0.388. The lowest BCUT2D eigenvalue weighted by Gasteiger charge is -2.21. The quantitative estimate of drug-likeness (QED) is 0.803. The molecule has 1 saturated heterocycles.